The molecule has 0 aromatic carbocycles. The summed E-state index contributed by atoms with van der Waals surface area (Å²) in [6.45, 7) is 0.649. The van der Waals surface area contributed by atoms with Gasteiger partial charge in [0, 0.05) is 31.0 Å². The largest absolute Gasteiger partial charge is 0.384 e. The third kappa shape index (κ3) is 5.36. The Balaban J connectivity index is 2.83. The molecular formula is C12H17N3O3S. The Morgan fingerprint density at radius 3 is 2.79 bits per heavy atom. The second-order valence-electron chi connectivity index (χ2n) is 4.07. The average molecular weight is 283 g/mol. The SMILES string of the molecule is CN(C)CCNS(=O)(=O)c1cncc(C#CCO)c1. The highest BCUT2D eigenvalue weighted by molar-refractivity contribution is 7.89. The van der Waals surface area contributed by atoms with Crippen LogP contribution in [0.25, 0.3) is 0 Å². The van der Waals surface area contributed by atoms with Gasteiger partial charge < -0.3 is 10.0 Å². The highest BCUT2D eigenvalue weighted by atomic mass is 32.2. The quantitative estimate of drug-likeness (QED) is 0.696. The molecule has 1 aromatic rings. The molecule has 6 nitrogen and oxygen atoms in total. The summed E-state index contributed by atoms with van der Waals surface area (Å²) in [5, 5.41) is 8.60. The van der Waals surface area contributed by atoms with Gasteiger partial charge in [0.15, 0.2) is 0 Å². The number of aromatic nitrogens is 1. The molecule has 19 heavy (non-hydrogen) atoms. The molecular weight excluding hydrogens is 266 g/mol. The monoisotopic (exact) mass is 283 g/mol. The van der Waals surface area contributed by atoms with E-state index in [1.54, 1.807) is 0 Å². The first-order chi connectivity index (χ1) is 8.95. The smallest absolute Gasteiger partial charge is 0.242 e. The van der Waals surface area contributed by atoms with Crippen molar-refractivity contribution in [1.29, 1.82) is 0 Å². The molecule has 2 N–H and O–H groups in total. The van der Waals surface area contributed by atoms with E-state index >= 15 is 0 Å². The van der Waals surface area contributed by atoms with Crippen LogP contribution in [0.15, 0.2) is 23.4 Å². The number of aliphatic hydroxyl groups excluding tert-OH is 1. The molecule has 0 saturated carbocycles. The topological polar surface area (TPSA) is 82.5 Å². The van der Waals surface area contributed by atoms with Gasteiger partial charge in [-0.25, -0.2) is 13.1 Å². The second kappa shape index (κ2) is 7.21. The van der Waals surface area contributed by atoms with Crippen molar-refractivity contribution >= 4 is 10.0 Å². The standard InChI is InChI=1S/C12H17N3O3S/c1-15(2)6-5-14-19(17,18)12-8-11(4-3-7-16)9-13-10-12/h8-10,14,16H,5-7H2,1-2H3. The van der Waals surface area contributed by atoms with Crippen molar-refractivity contribution in [1.82, 2.24) is 14.6 Å². The molecule has 0 unspecified atom stereocenters. The first-order valence-corrected chi connectivity index (χ1v) is 7.13. The van der Waals surface area contributed by atoms with Gasteiger partial charge in [-0.05, 0) is 20.2 Å². The number of sulfonamides is 1. The molecule has 1 rings (SSSR count). The molecule has 0 aliphatic rings. The summed E-state index contributed by atoms with van der Waals surface area (Å²) < 4.78 is 26.4. The molecule has 104 valence electrons. The summed E-state index contributed by atoms with van der Waals surface area (Å²) in [6, 6.07) is 1.42. The van der Waals surface area contributed by atoms with E-state index in [1.165, 1.54) is 18.5 Å². The van der Waals surface area contributed by atoms with Gasteiger partial charge in [-0.2, -0.15) is 0 Å². The molecule has 7 heteroatoms. The molecule has 0 saturated heterocycles. The average Bonchev–Trinajstić information content (AvgIpc) is 2.36. The van der Waals surface area contributed by atoms with Gasteiger partial charge in [0.1, 0.15) is 11.5 Å². The van der Waals surface area contributed by atoms with Gasteiger partial charge in [0.2, 0.25) is 10.0 Å². The molecule has 0 atom stereocenters. The maximum Gasteiger partial charge on any atom is 0.242 e. The van der Waals surface area contributed by atoms with Crippen molar-refractivity contribution in [3.63, 3.8) is 0 Å². The number of aliphatic hydroxyl groups is 1. The van der Waals surface area contributed by atoms with E-state index in [1.807, 2.05) is 19.0 Å². The number of rotatable bonds is 5. The highest BCUT2D eigenvalue weighted by Gasteiger charge is 2.14. The van der Waals surface area contributed by atoms with Crippen LogP contribution in [0, 0.1) is 11.8 Å². The van der Waals surface area contributed by atoms with E-state index in [0.717, 1.165) is 0 Å². The van der Waals surface area contributed by atoms with Crippen LogP contribution in [-0.4, -0.2) is 57.2 Å². The van der Waals surface area contributed by atoms with E-state index in [-0.39, 0.29) is 11.5 Å². The van der Waals surface area contributed by atoms with Crippen LogP contribution < -0.4 is 4.72 Å². The van der Waals surface area contributed by atoms with Crippen molar-refractivity contribution < 1.29 is 13.5 Å². The molecule has 1 aromatic heterocycles. The zero-order valence-corrected chi connectivity index (χ0v) is 11.7. The first kappa shape index (κ1) is 15.6. The maximum absolute atomic E-state index is 12.0. The van der Waals surface area contributed by atoms with Crippen molar-refractivity contribution in [2.45, 2.75) is 4.90 Å². The van der Waals surface area contributed by atoms with Crippen LogP contribution in [0.3, 0.4) is 0 Å². The number of likely N-dealkylation sites (N-methyl/N-ethyl adjacent to an activating group) is 1. The molecule has 0 spiro atoms. The molecule has 0 radical (unpaired) electrons. The van der Waals surface area contributed by atoms with Crippen LogP contribution >= 0.6 is 0 Å². The third-order valence-corrected chi connectivity index (χ3v) is 3.61. The second-order valence-corrected chi connectivity index (χ2v) is 5.84. The van der Waals surface area contributed by atoms with Crippen molar-refractivity contribution in [3.8, 4) is 11.8 Å². The number of pyridine rings is 1. The van der Waals surface area contributed by atoms with Crippen LogP contribution in [0.4, 0.5) is 0 Å². The lowest BCUT2D eigenvalue weighted by molar-refractivity contribution is 0.350. The zero-order valence-electron chi connectivity index (χ0n) is 10.9. The Bertz CT molecular complexity index is 573. The Morgan fingerprint density at radius 1 is 1.42 bits per heavy atom. The summed E-state index contributed by atoms with van der Waals surface area (Å²) in [4.78, 5) is 5.78. The van der Waals surface area contributed by atoms with Gasteiger partial charge in [-0.15, -0.1) is 0 Å². The molecule has 1 heterocycles. The minimum atomic E-state index is -3.57. The molecule has 0 bridgehead atoms. The molecule has 0 aliphatic carbocycles. The fourth-order valence-corrected chi connectivity index (χ4v) is 2.27. The lowest BCUT2D eigenvalue weighted by atomic mass is 10.3. The lowest BCUT2D eigenvalue weighted by Gasteiger charge is -2.10. The van der Waals surface area contributed by atoms with Crippen molar-refractivity contribution in [2.24, 2.45) is 0 Å². The van der Waals surface area contributed by atoms with Gasteiger partial charge in [-0.3, -0.25) is 4.98 Å². The normalized spacial score (nSPS) is 11.2. The van der Waals surface area contributed by atoms with Crippen LogP contribution in [0.2, 0.25) is 0 Å². The van der Waals surface area contributed by atoms with E-state index in [0.29, 0.717) is 18.7 Å². The fraction of sp³-hybridized carbons (Fsp3) is 0.417. The third-order valence-electron chi connectivity index (χ3n) is 2.19. The molecule has 0 amide bonds. The number of hydrogen-bond donors (Lipinski definition) is 2. The van der Waals surface area contributed by atoms with E-state index < -0.39 is 10.0 Å². The van der Waals surface area contributed by atoms with Crippen LogP contribution in [0.5, 0.6) is 0 Å². The summed E-state index contributed by atoms with van der Waals surface area (Å²) >= 11 is 0. The summed E-state index contributed by atoms with van der Waals surface area (Å²) in [5.41, 5.74) is 0.449. The van der Waals surface area contributed by atoms with Crippen molar-refractivity contribution in [2.75, 3.05) is 33.8 Å². The van der Waals surface area contributed by atoms with Gasteiger partial charge in [-0.1, -0.05) is 11.8 Å². The predicted octanol–water partition coefficient (Wildman–Crippen LogP) is -0.735. The van der Waals surface area contributed by atoms with Crippen LogP contribution in [0.1, 0.15) is 5.56 Å². The van der Waals surface area contributed by atoms with Gasteiger partial charge in [0.25, 0.3) is 0 Å². The summed E-state index contributed by atoms with van der Waals surface area (Å²) in [6.07, 6.45) is 2.71. The van der Waals surface area contributed by atoms with Crippen LogP contribution in [-0.2, 0) is 10.0 Å². The Hall–Kier alpha value is -1.46. The summed E-state index contributed by atoms with van der Waals surface area (Å²) in [7, 11) is 0.151. The first-order valence-electron chi connectivity index (χ1n) is 5.65. The number of nitrogens with one attached hydrogen (secondary N) is 1. The Kier molecular flexibility index (Phi) is 5.92. The van der Waals surface area contributed by atoms with Gasteiger partial charge >= 0.3 is 0 Å². The fourth-order valence-electron chi connectivity index (χ4n) is 1.26. The molecule has 0 fully saturated rings. The summed E-state index contributed by atoms with van der Waals surface area (Å²) in [5.74, 6) is 5.06. The Labute approximate surface area is 113 Å². The minimum Gasteiger partial charge on any atom is -0.384 e. The van der Waals surface area contributed by atoms with Crippen molar-refractivity contribution in [3.05, 3.63) is 24.0 Å². The van der Waals surface area contributed by atoms with Gasteiger partial charge in [0.05, 0.1) is 0 Å². The Morgan fingerprint density at radius 2 is 2.16 bits per heavy atom. The van der Waals surface area contributed by atoms with E-state index in [9.17, 15) is 8.42 Å². The molecule has 0 aliphatic heterocycles. The van der Waals surface area contributed by atoms with E-state index in [4.69, 9.17) is 5.11 Å². The minimum absolute atomic E-state index is 0.0657. The number of nitrogens with zero attached hydrogens (tertiary/aromatic N) is 2. The lowest BCUT2D eigenvalue weighted by Crippen LogP contribution is -2.31. The van der Waals surface area contributed by atoms with E-state index in [2.05, 4.69) is 21.5 Å². The predicted molar refractivity (Wildman–Crippen MR) is 71.9 cm³/mol. The number of hydrogen-bond acceptors (Lipinski definition) is 5. The maximum atomic E-state index is 12.0. The zero-order chi connectivity index (χ0) is 14.3. The highest BCUT2D eigenvalue weighted by Crippen LogP contribution is 2.08.